The summed E-state index contributed by atoms with van der Waals surface area (Å²) in [5, 5.41) is 9.47. The summed E-state index contributed by atoms with van der Waals surface area (Å²) in [7, 11) is 0. The number of hydrogen-bond acceptors (Lipinski definition) is 4. The summed E-state index contributed by atoms with van der Waals surface area (Å²) in [6.45, 7) is 1.57. The molecule has 3 rings (SSSR count). The maximum Gasteiger partial charge on any atom is 0.142 e. The molecule has 0 atom stereocenters. The molecule has 1 aromatic heterocycles. The van der Waals surface area contributed by atoms with Gasteiger partial charge in [0.1, 0.15) is 5.75 Å². The fraction of sp³-hybridized carbons (Fsp3) is 0.267. The monoisotopic (exact) mass is 256 g/mol. The van der Waals surface area contributed by atoms with Crippen LogP contribution in [0.3, 0.4) is 0 Å². The topological polar surface area (TPSA) is 45.6 Å². The van der Waals surface area contributed by atoms with Gasteiger partial charge in [-0.15, -0.1) is 0 Å². The molecule has 19 heavy (non-hydrogen) atoms. The highest BCUT2D eigenvalue weighted by molar-refractivity contribution is 5.71. The Balaban J connectivity index is 2.09. The zero-order chi connectivity index (χ0) is 13.1. The number of aliphatic hydroxyl groups excluding tert-OH is 1. The highest BCUT2D eigenvalue weighted by Gasteiger charge is 2.19. The number of fused-ring (bicyclic) bond motifs is 1. The lowest BCUT2D eigenvalue weighted by atomic mass is 10.2. The molecule has 0 bridgehead atoms. The Bertz CT molecular complexity index is 572. The van der Waals surface area contributed by atoms with Crippen LogP contribution in [-0.2, 0) is 6.61 Å². The van der Waals surface area contributed by atoms with Crippen molar-refractivity contribution in [3.63, 3.8) is 0 Å². The summed E-state index contributed by atoms with van der Waals surface area (Å²) in [6.07, 6.45) is 4.41. The van der Waals surface area contributed by atoms with E-state index in [1.807, 2.05) is 30.3 Å². The lowest BCUT2D eigenvalue weighted by Crippen LogP contribution is -2.19. The lowest BCUT2D eigenvalue weighted by Gasteiger charge is -2.25. The van der Waals surface area contributed by atoms with E-state index in [-0.39, 0.29) is 6.61 Å². The van der Waals surface area contributed by atoms with Gasteiger partial charge < -0.3 is 14.7 Å². The van der Waals surface area contributed by atoms with E-state index in [9.17, 15) is 5.11 Å². The largest absolute Gasteiger partial charge is 0.491 e. The van der Waals surface area contributed by atoms with E-state index in [2.05, 4.69) is 9.88 Å². The van der Waals surface area contributed by atoms with Crippen molar-refractivity contribution in [2.75, 3.05) is 18.1 Å². The molecule has 98 valence electrons. The van der Waals surface area contributed by atoms with Crippen molar-refractivity contribution >= 4 is 11.4 Å². The lowest BCUT2D eigenvalue weighted by molar-refractivity contribution is 0.281. The van der Waals surface area contributed by atoms with Crippen LogP contribution >= 0.6 is 0 Å². The van der Waals surface area contributed by atoms with Gasteiger partial charge >= 0.3 is 0 Å². The Hall–Kier alpha value is -2.07. The van der Waals surface area contributed by atoms with Gasteiger partial charge in [-0.1, -0.05) is 12.1 Å². The Labute approximate surface area is 112 Å². The first-order valence-corrected chi connectivity index (χ1v) is 6.43. The second-order valence-corrected chi connectivity index (χ2v) is 4.48. The predicted octanol–water partition coefficient (Wildman–Crippen LogP) is 2.49. The van der Waals surface area contributed by atoms with Crippen molar-refractivity contribution in [2.45, 2.75) is 13.0 Å². The summed E-state index contributed by atoms with van der Waals surface area (Å²) >= 11 is 0. The minimum Gasteiger partial charge on any atom is -0.491 e. The second-order valence-electron chi connectivity index (χ2n) is 4.48. The molecule has 0 unspecified atom stereocenters. The van der Waals surface area contributed by atoms with Gasteiger partial charge in [-0.2, -0.15) is 0 Å². The molecule has 0 fully saturated rings. The molecule has 0 saturated carbocycles. The van der Waals surface area contributed by atoms with Crippen LogP contribution in [0.2, 0.25) is 0 Å². The standard InChI is InChI=1S/C15H16N2O2/c18-11-12-10-16-7-6-13(12)17-8-3-9-19-15-5-2-1-4-14(15)17/h1-2,4-7,10,18H,3,8-9,11H2. The molecule has 0 aliphatic carbocycles. The minimum atomic E-state index is -0.0112. The highest BCUT2D eigenvalue weighted by Crippen LogP contribution is 2.36. The fourth-order valence-corrected chi connectivity index (χ4v) is 2.38. The molecule has 0 amide bonds. The molecule has 2 aromatic rings. The van der Waals surface area contributed by atoms with E-state index in [0.29, 0.717) is 6.61 Å². The summed E-state index contributed by atoms with van der Waals surface area (Å²) in [4.78, 5) is 6.26. The molecule has 1 N–H and O–H groups in total. The van der Waals surface area contributed by atoms with Gasteiger partial charge in [0.15, 0.2) is 0 Å². The van der Waals surface area contributed by atoms with Crippen molar-refractivity contribution in [1.29, 1.82) is 0 Å². The van der Waals surface area contributed by atoms with Crippen molar-refractivity contribution in [3.05, 3.63) is 48.3 Å². The number of aliphatic hydroxyl groups is 1. The molecule has 1 aliphatic rings. The summed E-state index contributed by atoms with van der Waals surface area (Å²) in [5.74, 6) is 0.890. The van der Waals surface area contributed by atoms with Crippen LogP contribution in [-0.4, -0.2) is 23.2 Å². The normalized spacial score (nSPS) is 14.5. The maximum atomic E-state index is 9.47. The summed E-state index contributed by atoms with van der Waals surface area (Å²) < 4.78 is 5.75. The maximum absolute atomic E-state index is 9.47. The number of aromatic nitrogens is 1. The highest BCUT2D eigenvalue weighted by atomic mass is 16.5. The molecule has 0 spiro atoms. The number of rotatable bonds is 2. The number of nitrogens with zero attached hydrogens (tertiary/aromatic N) is 2. The number of para-hydroxylation sites is 2. The Morgan fingerprint density at radius 1 is 1.21 bits per heavy atom. The van der Waals surface area contributed by atoms with Crippen LogP contribution in [0.15, 0.2) is 42.7 Å². The first-order chi connectivity index (χ1) is 9.40. The zero-order valence-electron chi connectivity index (χ0n) is 10.6. The molecule has 1 aliphatic heterocycles. The molecule has 1 aromatic carbocycles. The van der Waals surface area contributed by atoms with Crippen molar-refractivity contribution < 1.29 is 9.84 Å². The molecule has 4 heteroatoms. The van der Waals surface area contributed by atoms with E-state index in [1.165, 1.54) is 0 Å². The number of benzene rings is 1. The van der Waals surface area contributed by atoms with Crippen LogP contribution in [0.5, 0.6) is 5.75 Å². The quantitative estimate of drug-likeness (QED) is 0.896. The first-order valence-electron chi connectivity index (χ1n) is 6.43. The summed E-state index contributed by atoms with van der Waals surface area (Å²) in [6, 6.07) is 9.94. The smallest absolute Gasteiger partial charge is 0.142 e. The molecule has 0 saturated heterocycles. The van der Waals surface area contributed by atoms with Crippen LogP contribution in [0.4, 0.5) is 11.4 Å². The van der Waals surface area contributed by atoms with E-state index in [4.69, 9.17) is 4.74 Å². The number of anilines is 2. The third-order valence-corrected chi connectivity index (χ3v) is 3.28. The van der Waals surface area contributed by atoms with Crippen molar-refractivity contribution in [2.24, 2.45) is 0 Å². The van der Waals surface area contributed by atoms with E-state index < -0.39 is 0 Å². The Morgan fingerprint density at radius 3 is 3.00 bits per heavy atom. The van der Waals surface area contributed by atoms with Gasteiger partial charge in [-0.3, -0.25) is 4.98 Å². The van der Waals surface area contributed by atoms with Crippen LogP contribution < -0.4 is 9.64 Å². The van der Waals surface area contributed by atoms with Crippen LogP contribution in [0, 0.1) is 0 Å². The van der Waals surface area contributed by atoms with Crippen LogP contribution in [0.25, 0.3) is 0 Å². The molecular formula is C15H16N2O2. The first kappa shape index (κ1) is 12.0. The second kappa shape index (κ2) is 5.28. The van der Waals surface area contributed by atoms with E-state index >= 15 is 0 Å². The molecule has 2 heterocycles. The minimum absolute atomic E-state index is 0.0112. The fourth-order valence-electron chi connectivity index (χ4n) is 2.38. The molecule has 4 nitrogen and oxygen atoms in total. The van der Waals surface area contributed by atoms with Gasteiger partial charge in [-0.25, -0.2) is 0 Å². The zero-order valence-corrected chi connectivity index (χ0v) is 10.6. The van der Waals surface area contributed by atoms with Crippen molar-refractivity contribution in [1.82, 2.24) is 4.98 Å². The SMILES string of the molecule is OCc1cnccc1N1CCCOc2ccccc21. The average Bonchev–Trinajstić information content (AvgIpc) is 2.69. The number of ether oxygens (including phenoxy) is 1. The molecule has 0 radical (unpaired) electrons. The van der Waals surface area contributed by atoms with Gasteiger partial charge in [0.2, 0.25) is 0 Å². The van der Waals surface area contributed by atoms with Gasteiger partial charge in [0, 0.05) is 30.2 Å². The predicted molar refractivity (Wildman–Crippen MR) is 73.7 cm³/mol. The third-order valence-electron chi connectivity index (χ3n) is 3.28. The molecular weight excluding hydrogens is 240 g/mol. The van der Waals surface area contributed by atoms with E-state index in [1.54, 1.807) is 12.4 Å². The van der Waals surface area contributed by atoms with Gasteiger partial charge in [0.25, 0.3) is 0 Å². The number of pyridine rings is 1. The average molecular weight is 256 g/mol. The number of hydrogen-bond donors (Lipinski definition) is 1. The van der Waals surface area contributed by atoms with Crippen molar-refractivity contribution in [3.8, 4) is 5.75 Å². The Morgan fingerprint density at radius 2 is 2.11 bits per heavy atom. The third kappa shape index (κ3) is 2.27. The Kier molecular flexibility index (Phi) is 3.33. The van der Waals surface area contributed by atoms with Gasteiger partial charge in [0.05, 0.1) is 18.9 Å². The van der Waals surface area contributed by atoms with E-state index in [0.717, 1.165) is 35.7 Å². The van der Waals surface area contributed by atoms with Crippen LogP contribution in [0.1, 0.15) is 12.0 Å². The summed E-state index contributed by atoms with van der Waals surface area (Å²) in [5.41, 5.74) is 2.87. The van der Waals surface area contributed by atoms with Gasteiger partial charge in [-0.05, 0) is 24.6 Å².